The second-order valence-electron chi connectivity index (χ2n) is 2.57. The number of hydrogen-bond acceptors (Lipinski definition) is 1. The van der Waals surface area contributed by atoms with Gasteiger partial charge in [-0.15, -0.1) is 6.58 Å². The van der Waals surface area contributed by atoms with E-state index in [-0.39, 0.29) is 0 Å². The number of rotatable bonds is 1. The number of ether oxygens (including phenoxy) is 1. The molecule has 1 atom stereocenters. The average Bonchev–Trinajstić information content (AvgIpc) is 2.05. The monoisotopic (exact) mass is 138 g/mol. The molecule has 1 heterocycles. The van der Waals surface area contributed by atoms with E-state index in [1.54, 1.807) is 0 Å². The van der Waals surface area contributed by atoms with Crippen molar-refractivity contribution in [1.29, 1.82) is 0 Å². The van der Waals surface area contributed by atoms with Crippen molar-refractivity contribution in [2.45, 2.75) is 25.9 Å². The highest BCUT2D eigenvalue weighted by atomic mass is 16.5. The van der Waals surface area contributed by atoms with Crippen LogP contribution in [-0.2, 0) is 4.74 Å². The van der Waals surface area contributed by atoms with E-state index in [9.17, 15) is 0 Å². The van der Waals surface area contributed by atoms with Gasteiger partial charge in [-0.25, -0.2) is 0 Å². The average molecular weight is 138 g/mol. The van der Waals surface area contributed by atoms with E-state index in [0.717, 1.165) is 13.0 Å². The van der Waals surface area contributed by atoms with E-state index in [4.69, 9.17) is 4.74 Å². The second-order valence-corrected chi connectivity index (χ2v) is 2.57. The van der Waals surface area contributed by atoms with E-state index in [0.29, 0.717) is 6.10 Å². The first kappa shape index (κ1) is 7.55. The SMILES string of the molecule is C=CC1CC/C(=C/C)CO1. The topological polar surface area (TPSA) is 9.23 Å². The fourth-order valence-corrected chi connectivity index (χ4v) is 1.11. The number of hydrogen-bond donors (Lipinski definition) is 0. The van der Waals surface area contributed by atoms with Gasteiger partial charge in [0.1, 0.15) is 0 Å². The normalized spacial score (nSPS) is 30.5. The molecule has 0 aromatic rings. The molecule has 1 unspecified atom stereocenters. The Labute approximate surface area is 62.4 Å². The Balaban J connectivity index is 2.37. The van der Waals surface area contributed by atoms with Crippen molar-refractivity contribution in [1.82, 2.24) is 0 Å². The molecule has 0 aromatic heterocycles. The van der Waals surface area contributed by atoms with Crippen LogP contribution in [0.1, 0.15) is 19.8 Å². The zero-order chi connectivity index (χ0) is 7.40. The Kier molecular flexibility index (Phi) is 2.69. The van der Waals surface area contributed by atoms with Gasteiger partial charge < -0.3 is 4.74 Å². The molecule has 1 aliphatic rings. The fraction of sp³-hybridized carbons (Fsp3) is 0.556. The first-order valence-corrected chi connectivity index (χ1v) is 3.75. The third kappa shape index (κ3) is 1.71. The van der Waals surface area contributed by atoms with Crippen molar-refractivity contribution in [3.8, 4) is 0 Å². The maximum absolute atomic E-state index is 5.44. The lowest BCUT2D eigenvalue weighted by molar-refractivity contribution is 0.0757. The summed E-state index contributed by atoms with van der Waals surface area (Å²) < 4.78 is 5.44. The van der Waals surface area contributed by atoms with Gasteiger partial charge in [-0.05, 0) is 25.3 Å². The Hall–Kier alpha value is -0.560. The molecular weight excluding hydrogens is 124 g/mol. The van der Waals surface area contributed by atoms with Crippen molar-refractivity contribution >= 4 is 0 Å². The molecule has 0 radical (unpaired) electrons. The highest BCUT2D eigenvalue weighted by molar-refractivity contribution is 5.05. The van der Waals surface area contributed by atoms with Gasteiger partial charge in [0.05, 0.1) is 12.7 Å². The zero-order valence-electron chi connectivity index (χ0n) is 6.47. The van der Waals surface area contributed by atoms with Crippen LogP contribution >= 0.6 is 0 Å². The third-order valence-electron chi connectivity index (χ3n) is 1.90. The Bertz CT molecular complexity index is 137. The van der Waals surface area contributed by atoms with Crippen LogP contribution in [0.3, 0.4) is 0 Å². The van der Waals surface area contributed by atoms with Crippen LogP contribution in [0.25, 0.3) is 0 Å². The molecule has 0 aliphatic carbocycles. The first-order chi connectivity index (χ1) is 4.86. The zero-order valence-corrected chi connectivity index (χ0v) is 6.47. The molecule has 0 N–H and O–H groups in total. The van der Waals surface area contributed by atoms with Crippen molar-refractivity contribution in [2.24, 2.45) is 0 Å². The van der Waals surface area contributed by atoms with Crippen molar-refractivity contribution in [3.05, 3.63) is 24.3 Å². The van der Waals surface area contributed by atoms with E-state index in [1.807, 2.05) is 6.08 Å². The van der Waals surface area contributed by atoms with Crippen LogP contribution in [0.15, 0.2) is 24.3 Å². The fourth-order valence-electron chi connectivity index (χ4n) is 1.11. The molecular formula is C9H14O. The molecule has 1 nitrogen and oxygen atoms in total. The lowest BCUT2D eigenvalue weighted by Crippen LogP contribution is -2.17. The van der Waals surface area contributed by atoms with E-state index >= 15 is 0 Å². The second kappa shape index (κ2) is 3.57. The molecule has 0 spiro atoms. The van der Waals surface area contributed by atoms with Crippen molar-refractivity contribution < 1.29 is 4.74 Å². The van der Waals surface area contributed by atoms with Gasteiger partial charge in [0.15, 0.2) is 0 Å². The quantitative estimate of drug-likeness (QED) is 0.505. The lowest BCUT2D eigenvalue weighted by Gasteiger charge is -2.21. The largest absolute Gasteiger partial charge is 0.370 e. The van der Waals surface area contributed by atoms with Gasteiger partial charge in [0.2, 0.25) is 0 Å². The summed E-state index contributed by atoms with van der Waals surface area (Å²) in [6.45, 7) is 6.55. The maximum atomic E-state index is 5.44. The molecule has 0 amide bonds. The van der Waals surface area contributed by atoms with Gasteiger partial charge in [0, 0.05) is 0 Å². The van der Waals surface area contributed by atoms with Crippen LogP contribution < -0.4 is 0 Å². The summed E-state index contributed by atoms with van der Waals surface area (Å²) in [6.07, 6.45) is 6.59. The highest BCUT2D eigenvalue weighted by Gasteiger charge is 2.12. The molecule has 1 fully saturated rings. The summed E-state index contributed by atoms with van der Waals surface area (Å²) in [5.74, 6) is 0. The molecule has 56 valence electrons. The summed E-state index contributed by atoms with van der Waals surface area (Å²) in [5, 5.41) is 0. The lowest BCUT2D eigenvalue weighted by atomic mass is 10.0. The predicted octanol–water partition coefficient (Wildman–Crippen LogP) is 2.30. The van der Waals surface area contributed by atoms with Gasteiger partial charge in [0.25, 0.3) is 0 Å². The van der Waals surface area contributed by atoms with Crippen LogP contribution in [0.4, 0.5) is 0 Å². The number of allylic oxidation sites excluding steroid dienone is 1. The van der Waals surface area contributed by atoms with Crippen molar-refractivity contribution in [2.75, 3.05) is 6.61 Å². The molecule has 1 aliphatic heterocycles. The predicted molar refractivity (Wildman–Crippen MR) is 42.9 cm³/mol. The first-order valence-electron chi connectivity index (χ1n) is 3.75. The van der Waals surface area contributed by atoms with E-state index in [2.05, 4.69) is 19.6 Å². The summed E-state index contributed by atoms with van der Waals surface area (Å²) in [6, 6.07) is 0. The van der Waals surface area contributed by atoms with Crippen LogP contribution in [0.5, 0.6) is 0 Å². The van der Waals surface area contributed by atoms with Crippen LogP contribution in [0.2, 0.25) is 0 Å². The molecule has 0 aromatic carbocycles. The van der Waals surface area contributed by atoms with Crippen LogP contribution in [0, 0.1) is 0 Å². The molecule has 0 saturated carbocycles. The summed E-state index contributed by atoms with van der Waals surface area (Å²) in [7, 11) is 0. The molecule has 1 rings (SSSR count). The highest BCUT2D eigenvalue weighted by Crippen LogP contribution is 2.17. The minimum Gasteiger partial charge on any atom is -0.370 e. The van der Waals surface area contributed by atoms with Crippen molar-refractivity contribution in [3.63, 3.8) is 0 Å². The van der Waals surface area contributed by atoms with Crippen LogP contribution in [-0.4, -0.2) is 12.7 Å². The van der Waals surface area contributed by atoms with E-state index < -0.39 is 0 Å². The van der Waals surface area contributed by atoms with Gasteiger partial charge >= 0.3 is 0 Å². The smallest absolute Gasteiger partial charge is 0.0760 e. The third-order valence-corrected chi connectivity index (χ3v) is 1.90. The standard InChI is InChI=1S/C9H14O/c1-3-8-5-6-9(4-2)10-7-8/h3-4,9H,2,5-7H2,1H3/b8-3-. The molecule has 1 saturated heterocycles. The van der Waals surface area contributed by atoms with Gasteiger partial charge in [-0.2, -0.15) is 0 Å². The maximum Gasteiger partial charge on any atom is 0.0760 e. The molecule has 1 heteroatoms. The van der Waals surface area contributed by atoms with Gasteiger partial charge in [-0.1, -0.05) is 12.2 Å². The summed E-state index contributed by atoms with van der Waals surface area (Å²) >= 11 is 0. The minimum absolute atomic E-state index is 0.295. The Morgan fingerprint density at radius 3 is 2.90 bits per heavy atom. The summed E-state index contributed by atoms with van der Waals surface area (Å²) in [5.41, 5.74) is 1.41. The summed E-state index contributed by atoms with van der Waals surface area (Å²) in [4.78, 5) is 0. The minimum atomic E-state index is 0.295. The van der Waals surface area contributed by atoms with Gasteiger partial charge in [-0.3, -0.25) is 0 Å². The molecule has 0 bridgehead atoms. The van der Waals surface area contributed by atoms with E-state index in [1.165, 1.54) is 12.0 Å². The Morgan fingerprint density at radius 1 is 1.70 bits per heavy atom. The Morgan fingerprint density at radius 2 is 2.50 bits per heavy atom. The molecule has 10 heavy (non-hydrogen) atoms.